The third kappa shape index (κ3) is 1.28. The molecule has 0 N–H and O–H groups in total. The SMILES string of the molecule is CC(C)c1nnc2cc(C=O)ccn12. The third-order valence-corrected chi connectivity index (χ3v) is 2.11. The molecule has 0 spiro atoms. The summed E-state index contributed by atoms with van der Waals surface area (Å²) < 4.78 is 1.90. The van der Waals surface area contributed by atoms with Crippen LogP contribution in [0.2, 0.25) is 0 Å². The molecule has 4 heteroatoms. The third-order valence-electron chi connectivity index (χ3n) is 2.11. The summed E-state index contributed by atoms with van der Waals surface area (Å²) in [5.41, 5.74) is 1.35. The molecular weight excluding hydrogens is 178 g/mol. The minimum Gasteiger partial charge on any atom is -0.298 e. The molecule has 0 aliphatic heterocycles. The zero-order valence-corrected chi connectivity index (χ0v) is 8.14. The summed E-state index contributed by atoms with van der Waals surface area (Å²) in [6.07, 6.45) is 2.64. The topological polar surface area (TPSA) is 47.3 Å². The first kappa shape index (κ1) is 8.87. The van der Waals surface area contributed by atoms with Gasteiger partial charge in [-0.25, -0.2) is 0 Å². The summed E-state index contributed by atoms with van der Waals surface area (Å²) in [6.45, 7) is 4.12. The van der Waals surface area contributed by atoms with Crippen molar-refractivity contribution < 1.29 is 4.79 Å². The molecule has 2 rings (SSSR count). The number of hydrogen-bond donors (Lipinski definition) is 0. The maximum Gasteiger partial charge on any atom is 0.161 e. The molecule has 2 heterocycles. The number of aromatic nitrogens is 3. The lowest BCUT2D eigenvalue weighted by Crippen LogP contribution is -1.96. The molecule has 0 amide bonds. The van der Waals surface area contributed by atoms with Gasteiger partial charge < -0.3 is 0 Å². The molecule has 72 valence electrons. The highest BCUT2D eigenvalue weighted by Gasteiger charge is 2.08. The van der Waals surface area contributed by atoms with Crippen LogP contribution in [0.15, 0.2) is 18.3 Å². The molecule has 0 atom stereocenters. The zero-order chi connectivity index (χ0) is 10.1. The highest BCUT2D eigenvalue weighted by molar-refractivity contribution is 5.76. The number of fused-ring (bicyclic) bond motifs is 1. The van der Waals surface area contributed by atoms with Gasteiger partial charge in [0.05, 0.1) is 0 Å². The van der Waals surface area contributed by atoms with Crippen LogP contribution in [0, 0.1) is 0 Å². The van der Waals surface area contributed by atoms with Gasteiger partial charge in [-0.05, 0) is 12.1 Å². The number of carbonyl (C=O) groups is 1. The minimum atomic E-state index is 0.326. The first-order chi connectivity index (χ1) is 6.72. The van der Waals surface area contributed by atoms with Crippen molar-refractivity contribution in [3.63, 3.8) is 0 Å². The van der Waals surface area contributed by atoms with Gasteiger partial charge in [-0.15, -0.1) is 10.2 Å². The lowest BCUT2D eigenvalue weighted by Gasteiger charge is -2.01. The van der Waals surface area contributed by atoms with E-state index >= 15 is 0 Å². The van der Waals surface area contributed by atoms with Crippen LogP contribution >= 0.6 is 0 Å². The van der Waals surface area contributed by atoms with Crippen molar-refractivity contribution in [3.8, 4) is 0 Å². The van der Waals surface area contributed by atoms with Gasteiger partial charge in [-0.2, -0.15) is 0 Å². The largest absolute Gasteiger partial charge is 0.298 e. The Morgan fingerprint density at radius 3 is 2.86 bits per heavy atom. The average Bonchev–Trinajstić information content (AvgIpc) is 2.59. The summed E-state index contributed by atoms with van der Waals surface area (Å²) >= 11 is 0. The number of nitrogens with zero attached hydrogens (tertiary/aromatic N) is 3. The van der Waals surface area contributed by atoms with E-state index in [0.29, 0.717) is 11.5 Å². The monoisotopic (exact) mass is 189 g/mol. The van der Waals surface area contributed by atoms with Crippen molar-refractivity contribution in [2.75, 3.05) is 0 Å². The van der Waals surface area contributed by atoms with Crippen molar-refractivity contribution in [2.45, 2.75) is 19.8 Å². The van der Waals surface area contributed by atoms with Gasteiger partial charge in [0.25, 0.3) is 0 Å². The van der Waals surface area contributed by atoms with Crippen molar-refractivity contribution in [1.82, 2.24) is 14.6 Å². The summed E-state index contributed by atoms with van der Waals surface area (Å²) in [4.78, 5) is 10.5. The Labute approximate surface area is 81.6 Å². The van der Waals surface area contributed by atoms with Crippen LogP contribution in [0.5, 0.6) is 0 Å². The average molecular weight is 189 g/mol. The van der Waals surface area contributed by atoms with Crippen LogP contribution in [-0.2, 0) is 0 Å². The maximum atomic E-state index is 10.5. The molecule has 0 fully saturated rings. The van der Waals surface area contributed by atoms with Crippen LogP contribution < -0.4 is 0 Å². The second kappa shape index (κ2) is 3.21. The molecule has 0 aromatic carbocycles. The molecule has 0 unspecified atom stereocenters. The highest BCUT2D eigenvalue weighted by atomic mass is 16.1. The van der Waals surface area contributed by atoms with Crippen molar-refractivity contribution in [2.24, 2.45) is 0 Å². The Hall–Kier alpha value is -1.71. The van der Waals surface area contributed by atoms with E-state index in [2.05, 4.69) is 24.0 Å². The van der Waals surface area contributed by atoms with Crippen LogP contribution in [0.25, 0.3) is 5.65 Å². The predicted molar refractivity (Wildman–Crippen MR) is 52.5 cm³/mol. The fourth-order valence-electron chi connectivity index (χ4n) is 1.39. The van der Waals surface area contributed by atoms with Gasteiger partial charge in [-0.3, -0.25) is 9.20 Å². The normalized spacial score (nSPS) is 11.1. The standard InChI is InChI=1S/C10H11N3O/c1-7(2)10-12-11-9-5-8(6-14)3-4-13(9)10/h3-7H,1-2H3. The Morgan fingerprint density at radius 1 is 1.43 bits per heavy atom. The van der Waals surface area contributed by atoms with Gasteiger partial charge in [0, 0.05) is 17.7 Å². The lowest BCUT2D eigenvalue weighted by molar-refractivity contribution is 0.112. The van der Waals surface area contributed by atoms with Gasteiger partial charge in [0.2, 0.25) is 0 Å². The molecule has 0 saturated carbocycles. The van der Waals surface area contributed by atoms with Gasteiger partial charge in [0.15, 0.2) is 5.65 Å². The molecule has 2 aromatic rings. The van der Waals surface area contributed by atoms with Crippen molar-refractivity contribution >= 4 is 11.9 Å². The Morgan fingerprint density at radius 2 is 2.21 bits per heavy atom. The summed E-state index contributed by atoms with van der Waals surface area (Å²) in [7, 11) is 0. The Bertz CT molecular complexity index is 473. The lowest BCUT2D eigenvalue weighted by atomic mass is 10.2. The zero-order valence-electron chi connectivity index (χ0n) is 8.14. The van der Waals surface area contributed by atoms with Crippen molar-refractivity contribution in [1.29, 1.82) is 0 Å². The number of pyridine rings is 1. The van der Waals surface area contributed by atoms with E-state index in [-0.39, 0.29) is 0 Å². The first-order valence-electron chi connectivity index (χ1n) is 4.52. The summed E-state index contributed by atoms with van der Waals surface area (Å²) in [6, 6.07) is 3.49. The molecule has 2 aromatic heterocycles. The highest BCUT2D eigenvalue weighted by Crippen LogP contribution is 2.13. The quantitative estimate of drug-likeness (QED) is 0.675. The Balaban J connectivity index is 2.65. The first-order valence-corrected chi connectivity index (χ1v) is 4.52. The summed E-state index contributed by atoms with van der Waals surface area (Å²) in [5.74, 6) is 1.24. The molecule has 14 heavy (non-hydrogen) atoms. The number of hydrogen-bond acceptors (Lipinski definition) is 3. The van der Waals surface area contributed by atoms with Crippen LogP contribution in [0.4, 0.5) is 0 Å². The van der Waals surface area contributed by atoms with E-state index in [1.165, 1.54) is 0 Å². The van der Waals surface area contributed by atoms with Gasteiger partial charge >= 0.3 is 0 Å². The van der Waals surface area contributed by atoms with E-state index in [9.17, 15) is 4.79 Å². The van der Waals surface area contributed by atoms with Crippen LogP contribution in [0.1, 0.15) is 35.9 Å². The molecule has 0 radical (unpaired) electrons. The maximum absolute atomic E-state index is 10.5. The number of aldehydes is 1. The molecule has 4 nitrogen and oxygen atoms in total. The number of rotatable bonds is 2. The molecular formula is C10H11N3O. The predicted octanol–water partition coefficient (Wildman–Crippen LogP) is 1.67. The molecule has 0 aliphatic carbocycles. The molecule has 0 aliphatic rings. The second-order valence-electron chi connectivity index (χ2n) is 3.52. The van der Waals surface area contributed by atoms with E-state index < -0.39 is 0 Å². The van der Waals surface area contributed by atoms with E-state index in [1.807, 2.05) is 10.6 Å². The smallest absolute Gasteiger partial charge is 0.161 e. The Kier molecular flexibility index (Phi) is 2.04. The van der Waals surface area contributed by atoms with Gasteiger partial charge in [-0.1, -0.05) is 13.8 Å². The van der Waals surface area contributed by atoms with Crippen molar-refractivity contribution in [3.05, 3.63) is 29.7 Å². The van der Waals surface area contributed by atoms with Crippen LogP contribution in [0.3, 0.4) is 0 Å². The minimum absolute atomic E-state index is 0.326. The fourth-order valence-corrected chi connectivity index (χ4v) is 1.39. The summed E-state index contributed by atoms with van der Waals surface area (Å²) in [5, 5.41) is 8.07. The molecule has 0 saturated heterocycles. The number of carbonyl (C=O) groups excluding carboxylic acids is 1. The molecule has 0 bridgehead atoms. The fraction of sp³-hybridized carbons (Fsp3) is 0.300. The van der Waals surface area contributed by atoms with E-state index in [1.54, 1.807) is 12.1 Å². The van der Waals surface area contributed by atoms with E-state index in [0.717, 1.165) is 17.8 Å². The van der Waals surface area contributed by atoms with E-state index in [4.69, 9.17) is 0 Å². The van der Waals surface area contributed by atoms with Gasteiger partial charge in [0.1, 0.15) is 12.1 Å². The van der Waals surface area contributed by atoms with Crippen LogP contribution in [-0.4, -0.2) is 20.9 Å². The second-order valence-corrected chi connectivity index (χ2v) is 3.52.